The highest BCUT2D eigenvalue weighted by atomic mass is 16.4. The summed E-state index contributed by atoms with van der Waals surface area (Å²) in [7, 11) is 0. The van der Waals surface area contributed by atoms with Gasteiger partial charge in [-0.05, 0) is 25.5 Å². The Labute approximate surface area is 154 Å². The molecule has 0 saturated carbocycles. The topological polar surface area (TPSA) is 133 Å². The second-order valence-electron chi connectivity index (χ2n) is 5.56. The number of carbonyl (C=O) groups is 3. The number of benzene rings is 1. The van der Waals surface area contributed by atoms with E-state index in [1.807, 2.05) is 31.2 Å². The minimum atomic E-state index is -1.26. The number of H-pyrrole nitrogens is 1. The molecule has 0 aliphatic heterocycles. The van der Waals surface area contributed by atoms with E-state index in [-0.39, 0.29) is 5.78 Å². The van der Waals surface area contributed by atoms with Crippen molar-refractivity contribution < 1.29 is 29.0 Å². The number of rotatable bonds is 6. The number of ketones is 1. The summed E-state index contributed by atoms with van der Waals surface area (Å²) >= 11 is 0. The molecule has 2 aromatic heterocycles. The van der Waals surface area contributed by atoms with Crippen molar-refractivity contribution in [2.24, 2.45) is 0 Å². The zero-order valence-corrected chi connectivity index (χ0v) is 14.5. The fourth-order valence-electron chi connectivity index (χ4n) is 2.26. The second kappa shape index (κ2) is 9.14. The van der Waals surface area contributed by atoms with Gasteiger partial charge in [-0.25, -0.2) is 14.6 Å². The van der Waals surface area contributed by atoms with Gasteiger partial charge in [0.25, 0.3) is 0 Å². The molecular formula is C19H18N2O6. The summed E-state index contributed by atoms with van der Waals surface area (Å²) < 4.78 is 5.55. The van der Waals surface area contributed by atoms with Crippen molar-refractivity contribution in [3.05, 3.63) is 66.0 Å². The van der Waals surface area contributed by atoms with Crippen LogP contribution < -0.4 is 0 Å². The average molecular weight is 370 g/mol. The van der Waals surface area contributed by atoms with Gasteiger partial charge in [-0.3, -0.25) is 4.79 Å². The van der Waals surface area contributed by atoms with Crippen molar-refractivity contribution in [2.45, 2.75) is 19.8 Å². The summed E-state index contributed by atoms with van der Waals surface area (Å²) in [5, 5.41) is 16.6. The van der Waals surface area contributed by atoms with Crippen LogP contribution in [-0.4, -0.2) is 37.9 Å². The molecule has 8 nitrogen and oxygen atoms in total. The molecule has 3 rings (SSSR count). The molecule has 1 aromatic carbocycles. The maximum atomic E-state index is 12.1. The molecule has 0 saturated heterocycles. The molecule has 0 spiro atoms. The number of nitrogens with zero attached hydrogens (tertiary/aromatic N) is 1. The van der Waals surface area contributed by atoms with Crippen LogP contribution in [0.15, 0.2) is 53.2 Å². The summed E-state index contributed by atoms with van der Waals surface area (Å²) in [5.74, 6) is -2.08. The second-order valence-corrected chi connectivity index (χ2v) is 5.56. The fourth-order valence-corrected chi connectivity index (χ4v) is 2.26. The van der Waals surface area contributed by atoms with Crippen molar-refractivity contribution in [1.29, 1.82) is 0 Å². The lowest BCUT2D eigenvalue weighted by molar-refractivity contribution is -0.134. The van der Waals surface area contributed by atoms with E-state index in [9.17, 15) is 14.4 Å². The largest absolute Gasteiger partial charge is 0.478 e. The predicted octanol–water partition coefficient (Wildman–Crippen LogP) is 2.99. The maximum Gasteiger partial charge on any atom is 0.328 e. The van der Waals surface area contributed by atoms with Crippen LogP contribution in [0.2, 0.25) is 0 Å². The highest BCUT2D eigenvalue weighted by molar-refractivity contribution is 5.97. The number of carboxylic acid groups (broad SMARTS) is 2. The van der Waals surface area contributed by atoms with E-state index in [0.717, 1.165) is 22.4 Å². The van der Waals surface area contributed by atoms with Gasteiger partial charge in [0.2, 0.25) is 0 Å². The third-order valence-corrected chi connectivity index (χ3v) is 3.59. The highest BCUT2D eigenvalue weighted by Crippen LogP contribution is 2.20. The van der Waals surface area contributed by atoms with E-state index in [0.29, 0.717) is 30.8 Å². The first-order valence-electron chi connectivity index (χ1n) is 8.01. The van der Waals surface area contributed by atoms with Crippen LogP contribution in [0.3, 0.4) is 0 Å². The van der Waals surface area contributed by atoms with Gasteiger partial charge in [0.05, 0.1) is 12.0 Å². The molecule has 3 aromatic rings. The van der Waals surface area contributed by atoms with Crippen LogP contribution in [0, 0.1) is 6.92 Å². The Morgan fingerprint density at radius 3 is 2.37 bits per heavy atom. The van der Waals surface area contributed by atoms with Crippen molar-refractivity contribution >= 4 is 28.7 Å². The summed E-state index contributed by atoms with van der Waals surface area (Å²) in [5.41, 5.74) is 2.70. The number of imidazole rings is 1. The smallest absolute Gasteiger partial charge is 0.328 e. The molecular weight excluding hydrogens is 352 g/mol. The Hall–Kier alpha value is -3.68. The first-order valence-corrected chi connectivity index (χ1v) is 8.01. The normalized spacial score (nSPS) is 10.6. The van der Waals surface area contributed by atoms with Gasteiger partial charge in [0.1, 0.15) is 5.58 Å². The van der Waals surface area contributed by atoms with Gasteiger partial charge in [-0.1, -0.05) is 18.2 Å². The number of aryl methyl sites for hydroxylation is 2. The molecule has 0 aliphatic rings. The number of hydrogen-bond donors (Lipinski definition) is 3. The van der Waals surface area contributed by atoms with Crippen molar-refractivity contribution in [2.75, 3.05) is 0 Å². The summed E-state index contributed by atoms with van der Waals surface area (Å²) in [4.78, 5) is 38.4. The summed E-state index contributed by atoms with van der Waals surface area (Å²) in [6.07, 6.45) is 3.80. The molecule has 0 bridgehead atoms. The lowest BCUT2D eigenvalue weighted by Crippen LogP contribution is -2.00. The van der Waals surface area contributed by atoms with Gasteiger partial charge in [0, 0.05) is 29.7 Å². The zero-order valence-electron chi connectivity index (χ0n) is 14.5. The third kappa shape index (κ3) is 5.96. The summed E-state index contributed by atoms with van der Waals surface area (Å²) in [6.45, 7) is 1.95. The quantitative estimate of drug-likeness (QED) is 0.448. The Morgan fingerprint density at radius 1 is 1.15 bits per heavy atom. The molecule has 140 valence electrons. The zero-order chi connectivity index (χ0) is 19.8. The number of hydrogen-bond acceptors (Lipinski definition) is 5. The molecule has 3 N–H and O–H groups in total. The SMILES string of the molecule is Cc1[nH]cnc1CCC(=O)c1cc2ccccc2o1.O=C(O)/C=C\C(=O)O. The predicted molar refractivity (Wildman–Crippen MR) is 96.6 cm³/mol. The van der Waals surface area contributed by atoms with E-state index in [1.165, 1.54) is 0 Å². The van der Waals surface area contributed by atoms with Crippen LogP contribution in [0.25, 0.3) is 11.0 Å². The minimum Gasteiger partial charge on any atom is -0.478 e. The Bertz CT molecular complexity index is 934. The number of nitrogens with one attached hydrogen (secondary N) is 1. The van der Waals surface area contributed by atoms with Gasteiger partial charge < -0.3 is 19.6 Å². The number of carboxylic acids is 2. The number of fused-ring (bicyclic) bond motifs is 1. The van der Waals surface area contributed by atoms with Gasteiger partial charge in [0.15, 0.2) is 11.5 Å². The first kappa shape index (κ1) is 19.6. The number of carbonyl (C=O) groups excluding carboxylic acids is 1. The van der Waals surface area contributed by atoms with E-state index in [2.05, 4.69) is 9.97 Å². The number of furan rings is 1. The number of aromatic amines is 1. The first-order chi connectivity index (χ1) is 12.9. The molecule has 2 heterocycles. The van der Waals surface area contributed by atoms with Crippen molar-refractivity contribution in [3.63, 3.8) is 0 Å². The molecule has 27 heavy (non-hydrogen) atoms. The molecule has 0 aliphatic carbocycles. The van der Waals surface area contributed by atoms with E-state index in [4.69, 9.17) is 14.6 Å². The summed E-state index contributed by atoms with van der Waals surface area (Å²) in [6, 6.07) is 9.43. The number of Topliss-reactive ketones (excluding diaryl/α,β-unsaturated/α-hetero) is 1. The van der Waals surface area contributed by atoms with E-state index >= 15 is 0 Å². The Balaban J connectivity index is 0.000000279. The average Bonchev–Trinajstić information content (AvgIpc) is 3.24. The number of para-hydroxylation sites is 1. The monoisotopic (exact) mass is 370 g/mol. The van der Waals surface area contributed by atoms with E-state index < -0.39 is 11.9 Å². The third-order valence-electron chi connectivity index (χ3n) is 3.59. The van der Waals surface area contributed by atoms with Crippen molar-refractivity contribution in [3.8, 4) is 0 Å². The van der Waals surface area contributed by atoms with Crippen LogP contribution in [0.5, 0.6) is 0 Å². The van der Waals surface area contributed by atoms with Gasteiger partial charge in [-0.15, -0.1) is 0 Å². The van der Waals surface area contributed by atoms with Crippen LogP contribution in [-0.2, 0) is 16.0 Å². The molecule has 0 radical (unpaired) electrons. The van der Waals surface area contributed by atoms with Crippen LogP contribution in [0.1, 0.15) is 28.4 Å². The standard InChI is InChI=1S/C15H14N2O2.C4H4O4/c1-10-12(17-9-16-10)6-7-13(18)15-8-11-4-2-3-5-14(11)19-15;5-3(6)1-2-4(7)8/h2-5,8-9H,6-7H2,1H3,(H,16,17);1-2H,(H,5,6)(H,7,8)/b;2-1-. The molecule has 0 atom stereocenters. The molecule has 0 amide bonds. The fraction of sp³-hybridized carbons (Fsp3) is 0.158. The molecule has 0 fully saturated rings. The van der Waals surface area contributed by atoms with Gasteiger partial charge >= 0.3 is 11.9 Å². The maximum absolute atomic E-state index is 12.1. The molecule has 0 unspecified atom stereocenters. The molecule has 8 heteroatoms. The van der Waals surface area contributed by atoms with Crippen molar-refractivity contribution in [1.82, 2.24) is 9.97 Å². The lowest BCUT2D eigenvalue weighted by Gasteiger charge is -1.97. The number of aromatic nitrogens is 2. The highest BCUT2D eigenvalue weighted by Gasteiger charge is 2.13. The lowest BCUT2D eigenvalue weighted by atomic mass is 10.1. The Kier molecular flexibility index (Phi) is 6.65. The minimum absolute atomic E-state index is 0.0126. The van der Waals surface area contributed by atoms with Crippen LogP contribution >= 0.6 is 0 Å². The van der Waals surface area contributed by atoms with Crippen LogP contribution in [0.4, 0.5) is 0 Å². The van der Waals surface area contributed by atoms with E-state index in [1.54, 1.807) is 12.4 Å². The number of aliphatic carboxylic acids is 2. The Morgan fingerprint density at radius 2 is 1.81 bits per heavy atom. The van der Waals surface area contributed by atoms with Gasteiger partial charge in [-0.2, -0.15) is 0 Å².